The first-order valence-electron chi connectivity index (χ1n) is 7.37. The third-order valence-electron chi connectivity index (χ3n) is 3.37. The maximum atomic E-state index is 12.3. The average Bonchev–Trinajstić information content (AvgIpc) is 2.86. The number of hydrogen-bond acceptors (Lipinski definition) is 3. The lowest BCUT2D eigenvalue weighted by molar-refractivity contribution is -0.176. The minimum absolute atomic E-state index is 0.215. The van der Waals surface area contributed by atoms with E-state index in [0.29, 0.717) is 23.4 Å². The van der Waals surface area contributed by atoms with Crippen molar-refractivity contribution in [1.29, 1.82) is 0 Å². The summed E-state index contributed by atoms with van der Waals surface area (Å²) in [5.41, 5.74) is 2.26. The van der Waals surface area contributed by atoms with Crippen LogP contribution >= 0.6 is 0 Å². The van der Waals surface area contributed by atoms with E-state index in [9.17, 15) is 18.0 Å². The minimum Gasteiger partial charge on any atom is -0.367 e. The number of carbonyl (C=O) groups excluding carboxylic acids is 1. The number of aryl methyl sites for hydroxylation is 1. The van der Waals surface area contributed by atoms with E-state index in [1.54, 1.807) is 29.1 Å². The maximum Gasteiger partial charge on any atom is 0.411 e. The van der Waals surface area contributed by atoms with E-state index in [1.807, 2.05) is 13.8 Å². The Hall–Kier alpha value is -2.35. The number of ether oxygens (including phenoxy) is 1. The number of aromatic nitrogens is 2. The van der Waals surface area contributed by atoms with Crippen molar-refractivity contribution < 1.29 is 22.7 Å². The zero-order valence-corrected chi connectivity index (χ0v) is 13.4. The molecule has 0 saturated carbocycles. The second-order valence-electron chi connectivity index (χ2n) is 5.22. The molecule has 0 unspecified atom stereocenters. The second-order valence-corrected chi connectivity index (χ2v) is 5.22. The van der Waals surface area contributed by atoms with Crippen LogP contribution in [-0.4, -0.2) is 28.5 Å². The van der Waals surface area contributed by atoms with Crippen LogP contribution in [-0.2, 0) is 17.9 Å². The first-order chi connectivity index (χ1) is 11.3. The van der Waals surface area contributed by atoms with Crippen LogP contribution in [0.3, 0.4) is 0 Å². The lowest BCUT2D eigenvalue weighted by atomic mass is 10.1. The standard InChI is InChI=1S/C16H18F3N3O2/c1-3-22-11(2)14(8-20-22)21-15(23)13-6-4-5-12(7-13)9-24-10-16(17,18)19/h4-8H,3,9-10H2,1-2H3,(H,21,23). The van der Waals surface area contributed by atoms with Gasteiger partial charge < -0.3 is 10.1 Å². The molecule has 0 fully saturated rings. The zero-order valence-electron chi connectivity index (χ0n) is 13.4. The number of hydrogen-bond donors (Lipinski definition) is 1. The van der Waals surface area contributed by atoms with Gasteiger partial charge in [-0.25, -0.2) is 0 Å². The van der Waals surface area contributed by atoms with Gasteiger partial charge in [0.25, 0.3) is 5.91 Å². The monoisotopic (exact) mass is 341 g/mol. The van der Waals surface area contributed by atoms with Crippen molar-refractivity contribution in [3.8, 4) is 0 Å². The Balaban J connectivity index is 2.02. The summed E-state index contributed by atoms with van der Waals surface area (Å²) in [6.07, 6.45) is -2.81. The molecule has 1 heterocycles. The van der Waals surface area contributed by atoms with Gasteiger partial charge in [-0.15, -0.1) is 0 Å². The SMILES string of the molecule is CCn1ncc(NC(=O)c2cccc(COCC(F)(F)F)c2)c1C. The molecule has 0 spiro atoms. The Labute approximate surface area is 137 Å². The van der Waals surface area contributed by atoms with E-state index in [-0.39, 0.29) is 12.5 Å². The van der Waals surface area contributed by atoms with Gasteiger partial charge in [-0.3, -0.25) is 9.48 Å². The highest BCUT2D eigenvalue weighted by Crippen LogP contribution is 2.17. The molecule has 0 bridgehead atoms. The fourth-order valence-corrected chi connectivity index (χ4v) is 2.17. The quantitative estimate of drug-likeness (QED) is 0.874. The highest BCUT2D eigenvalue weighted by atomic mass is 19.4. The molecule has 130 valence electrons. The van der Waals surface area contributed by atoms with Crippen molar-refractivity contribution in [3.63, 3.8) is 0 Å². The molecular weight excluding hydrogens is 323 g/mol. The van der Waals surface area contributed by atoms with Crippen LogP contribution in [0, 0.1) is 6.92 Å². The fourth-order valence-electron chi connectivity index (χ4n) is 2.17. The summed E-state index contributed by atoms with van der Waals surface area (Å²) in [4.78, 5) is 12.3. The van der Waals surface area contributed by atoms with E-state index in [4.69, 9.17) is 0 Å². The smallest absolute Gasteiger partial charge is 0.367 e. The lowest BCUT2D eigenvalue weighted by Gasteiger charge is -2.09. The first kappa shape index (κ1) is 18.0. The van der Waals surface area contributed by atoms with Crippen LogP contribution in [0.2, 0.25) is 0 Å². The van der Waals surface area contributed by atoms with Gasteiger partial charge in [-0.2, -0.15) is 18.3 Å². The van der Waals surface area contributed by atoms with Crippen LogP contribution in [0.25, 0.3) is 0 Å². The maximum absolute atomic E-state index is 12.3. The molecule has 5 nitrogen and oxygen atoms in total. The van der Waals surface area contributed by atoms with E-state index in [0.717, 1.165) is 5.69 Å². The number of carbonyl (C=O) groups is 1. The highest BCUT2D eigenvalue weighted by Gasteiger charge is 2.27. The molecule has 1 N–H and O–H groups in total. The molecule has 8 heteroatoms. The molecule has 0 aliphatic rings. The molecule has 1 aromatic heterocycles. The first-order valence-corrected chi connectivity index (χ1v) is 7.37. The second kappa shape index (κ2) is 7.48. The fraction of sp³-hybridized carbons (Fsp3) is 0.375. The van der Waals surface area contributed by atoms with Crippen LogP contribution in [0.15, 0.2) is 30.5 Å². The average molecular weight is 341 g/mol. The molecule has 2 rings (SSSR count). The highest BCUT2D eigenvalue weighted by molar-refractivity contribution is 6.04. The Morgan fingerprint density at radius 3 is 2.75 bits per heavy atom. The van der Waals surface area contributed by atoms with E-state index in [2.05, 4.69) is 15.2 Å². The van der Waals surface area contributed by atoms with Gasteiger partial charge in [-0.05, 0) is 31.5 Å². The van der Waals surface area contributed by atoms with Gasteiger partial charge >= 0.3 is 6.18 Å². The number of amides is 1. The summed E-state index contributed by atoms with van der Waals surface area (Å²) in [6, 6.07) is 6.30. The number of anilines is 1. The minimum atomic E-state index is -4.37. The predicted molar refractivity (Wildman–Crippen MR) is 82.7 cm³/mol. The summed E-state index contributed by atoms with van der Waals surface area (Å²) in [6.45, 7) is 2.93. The number of nitrogens with one attached hydrogen (secondary N) is 1. The molecule has 24 heavy (non-hydrogen) atoms. The van der Waals surface area contributed by atoms with Gasteiger partial charge in [0.2, 0.25) is 0 Å². The topological polar surface area (TPSA) is 56.2 Å². The Bertz CT molecular complexity index is 711. The van der Waals surface area contributed by atoms with Crippen LogP contribution in [0.4, 0.5) is 18.9 Å². The molecule has 0 aliphatic heterocycles. The van der Waals surface area contributed by atoms with Crippen molar-refractivity contribution in [1.82, 2.24) is 9.78 Å². The van der Waals surface area contributed by atoms with Crippen molar-refractivity contribution in [2.24, 2.45) is 0 Å². The number of rotatable bonds is 6. The Morgan fingerprint density at radius 2 is 2.12 bits per heavy atom. The van der Waals surface area contributed by atoms with Crippen molar-refractivity contribution >= 4 is 11.6 Å². The molecule has 1 aromatic carbocycles. The van der Waals surface area contributed by atoms with Gasteiger partial charge in [0.15, 0.2) is 0 Å². The summed E-state index contributed by atoms with van der Waals surface area (Å²) in [5.74, 6) is -0.355. The van der Waals surface area contributed by atoms with E-state index in [1.165, 1.54) is 6.07 Å². The zero-order chi connectivity index (χ0) is 17.7. The summed E-state index contributed by atoms with van der Waals surface area (Å²) in [7, 11) is 0. The summed E-state index contributed by atoms with van der Waals surface area (Å²) >= 11 is 0. The third-order valence-corrected chi connectivity index (χ3v) is 3.37. The third kappa shape index (κ3) is 4.82. The molecule has 0 aliphatic carbocycles. The molecule has 0 radical (unpaired) electrons. The summed E-state index contributed by atoms with van der Waals surface area (Å²) < 4.78 is 42.6. The molecular formula is C16H18F3N3O2. The number of halogens is 3. The van der Waals surface area contributed by atoms with Crippen molar-refractivity contribution in [2.45, 2.75) is 33.2 Å². The number of alkyl halides is 3. The lowest BCUT2D eigenvalue weighted by Crippen LogP contribution is -2.17. The predicted octanol–water partition coefficient (Wildman–Crippen LogP) is 3.54. The van der Waals surface area contributed by atoms with Crippen molar-refractivity contribution in [3.05, 3.63) is 47.3 Å². The number of nitrogens with zero attached hydrogens (tertiary/aromatic N) is 2. The van der Waals surface area contributed by atoms with Gasteiger partial charge in [0.05, 0.1) is 24.2 Å². The van der Waals surface area contributed by atoms with E-state index >= 15 is 0 Å². The molecule has 0 saturated heterocycles. The molecule has 1 amide bonds. The van der Waals surface area contributed by atoms with Gasteiger partial charge in [0, 0.05) is 12.1 Å². The van der Waals surface area contributed by atoms with Gasteiger partial charge in [-0.1, -0.05) is 12.1 Å². The van der Waals surface area contributed by atoms with Crippen LogP contribution < -0.4 is 5.32 Å². The van der Waals surface area contributed by atoms with Crippen LogP contribution in [0.1, 0.15) is 28.5 Å². The molecule has 2 aromatic rings. The number of benzene rings is 1. The Morgan fingerprint density at radius 1 is 1.38 bits per heavy atom. The molecule has 0 atom stereocenters. The van der Waals surface area contributed by atoms with Crippen molar-refractivity contribution in [2.75, 3.05) is 11.9 Å². The summed E-state index contributed by atoms with van der Waals surface area (Å²) in [5, 5.41) is 6.88. The Kier molecular flexibility index (Phi) is 5.61. The normalized spacial score (nSPS) is 11.5. The largest absolute Gasteiger partial charge is 0.411 e. The van der Waals surface area contributed by atoms with E-state index < -0.39 is 12.8 Å². The van der Waals surface area contributed by atoms with Crippen LogP contribution in [0.5, 0.6) is 0 Å². The van der Waals surface area contributed by atoms with Gasteiger partial charge in [0.1, 0.15) is 6.61 Å².